The van der Waals surface area contributed by atoms with E-state index in [4.69, 9.17) is 0 Å². The summed E-state index contributed by atoms with van der Waals surface area (Å²) in [6, 6.07) is 37.8. The highest BCUT2D eigenvalue weighted by Gasteiger charge is 2.21. The van der Waals surface area contributed by atoms with Crippen LogP contribution in [0.4, 0.5) is 34.1 Å². The number of unbranched alkanes of at least 4 members (excludes halogenated alkanes) is 1. The number of amides is 6. The first kappa shape index (κ1) is 51.5. The van der Waals surface area contributed by atoms with Crippen LogP contribution >= 0.6 is 0 Å². The lowest BCUT2D eigenvalue weighted by molar-refractivity contribution is -0.118. The fraction of sp³-hybridized carbons (Fsp3) is 0.207. The van der Waals surface area contributed by atoms with Crippen molar-refractivity contribution in [1.29, 1.82) is 0 Å². The number of rotatable bonds is 19. The molecule has 0 aromatic heterocycles. The Kier molecular flexibility index (Phi) is 15.9. The summed E-state index contributed by atoms with van der Waals surface area (Å²) in [5, 5.41) is 30.1. The maximum atomic E-state index is 13.8. The van der Waals surface area contributed by atoms with Crippen LogP contribution in [-0.4, -0.2) is 111 Å². The Morgan fingerprint density at radius 2 is 0.628 bits per heavy atom. The van der Waals surface area contributed by atoms with Crippen molar-refractivity contribution in [3.63, 3.8) is 0 Å². The van der Waals surface area contributed by atoms with Crippen molar-refractivity contribution in [1.82, 2.24) is 21.3 Å². The van der Waals surface area contributed by atoms with Crippen LogP contribution < -0.4 is 53.2 Å². The summed E-state index contributed by atoms with van der Waals surface area (Å²) in [6.45, 7) is 5.81. The van der Waals surface area contributed by atoms with Gasteiger partial charge in [-0.3, -0.25) is 48.7 Å². The lowest BCUT2D eigenvalue weighted by Gasteiger charge is -2.15. The van der Waals surface area contributed by atoms with E-state index in [1.54, 1.807) is 48.5 Å². The van der Waals surface area contributed by atoms with Crippen molar-refractivity contribution in [3.8, 4) is 0 Å². The molecule has 10 N–H and O–H groups in total. The molecule has 0 spiro atoms. The first-order chi connectivity index (χ1) is 38.1. The Morgan fingerprint density at radius 1 is 0.346 bits per heavy atom. The van der Waals surface area contributed by atoms with Crippen LogP contribution in [0.5, 0.6) is 0 Å². The first-order valence-corrected chi connectivity index (χ1v) is 25.8. The molecule has 10 rings (SSSR count). The van der Waals surface area contributed by atoms with Gasteiger partial charge in [0.25, 0.3) is 23.6 Å². The molecule has 6 amide bonds. The molecule has 0 fully saturated rings. The second kappa shape index (κ2) is 24.1. The molecule has 6 aromatic carbocycles. The molecule has 4 aliphatic heterocycles. The Morgan fingerprint density at radius 3 is 0.897 bits per heavy atom. The number of anilines is 6. The van der Waals surface area contributed by atoms with Gasteiger partial charge >= 0.3 is 0 Å². The lowest BCUT2D eigenvalue weighted by Crippen LogP contribution is -2.21. The molecular formula is C58H56N14O6. The number of benzene rings is 6. The topological polar surface area (TPSA) is 272 Å². The number of nitrogens with one attached hydrogen (secondary N) is 10. The normalized spacial score (nSPS) is 14.2. The highest BCUT2D eigenvalue weighted by atomic mass is 16.2. The van der Waals surface area contributed by atoms with Crippen molar-refractivity contribution in [3.05, 3.63) is 178 Å². The van der Waals surface area contributed by atoms with Crippen LogP contribution in [0, 0.1) is 0 Å². The van der Waals surface area contributed by atoms with Crippen LogP contribution in [0.2, 0.25) is 0 Å². The van der Waals surface area contributed by atoms with Gasteiger partial charge in [-0.2, -0.15) is 0 Å². The summed E-state index contributed by atoms with van der Waals surface area (Å²) in [7, 11) is 0. The molecule has 78 heavy (non-hydrogen) atoms. The Hall–Kier alpha value is -9.98. The van der Waals surface area contributed by atoms with Gasteiger partial charge in [0.1, 0.15) is 23.3 Å². The van der Waals surface area contributed by atoms with Crippen LogP contribution in [0.15, 0.2) is 153 Å². The summed E-state index contributed by atoms with van der Waals surface area (Å²) in [5.41, 5.74) is 6.50. The molecule has 0 saturated carbocycles. The molecule has 0 radical (unpaired) electrons. The second-order valence-electron chi connectivity index (χ2n) is 18.6. The largest absolute Gasteiger partial charge is 0.368 e. The minimum Gasteiger partial charge on any atom is -0.368 e. The molecule has 4 aliphatic rings. The number of carbonyl (C=O) groups is 6. The van der Waals surface area contributed by atoms with Crippen LogP contribution in [0.1, 0.15) is 89.4 Å². The number of carbonyl (C=O) groups excluding carboxylic acids is 6. The maximum Gasteiger partial charge on any atom is 0.257 e. The number of aliphatic imine (C=N–C) groups is 4. The third-order valence-electron chi connectivity index (χ3n) is 13.0. The van der Waals surface area contributed by atoms with E-state index < -0.39 is 35.4 Å². The fourth-order valence-electron chi connectivity index (χ4n) is 8.98. The van der Waals surface area contributed by atoms with E-state index in [0.717, 1.165) is 71.8 Å². The SMILES string of the molecule is O=C(CCCCC(=O)Nc1cc(C(=O)Nc2ccc(C3=NCCN3)cc2)ccc1C(=O)Nc1ccc(C2=NCCN2)cc1)Nc1cc(C(=O)Nc2ccc(C3=NCCN3)cc2)ccc1C(=O)Nc1ccc(C2=NCCN2)cc1. The zero-order valence-electron chi connectivity index (χ0n) is 42.4. The van der Waals surface area contributed by atoms with E-state index in [1.165, 1.54) is 36.4 Å². The highest BCUT2D eigenvalue weighted by molar-refractivity contribution is 6.14. The third-order valence-corrected chi connectivity index (χ3v) is 13.0. The standard InChI is InChI=1S/C58H56N14O6/c73-49(71-47-33-39(55(75)67-41-15-5-35(6-16-41)51-59-25-26-60-51)13-23-45(47)57(77)69-43-19-9-37(10-20-43)53-63-29-30-64-53)3-1-2-4-50(74)72-48-34-40(56(76)68-42-17-7-36(8-18-42)52-61-27-28-62-52)14-24-46(48)58(78)70-44-21-11-38(12-22-44)54-65-31-32-66-54/h5-24,33-34H,1-4,25-32H2,(H,59,60)(H,61,62)(H,63,64)(H,65,66)(H,67,75)(H,68,76)(H,69,77)(H,70,78)(H,71,73)(H,72,74). The summed E-state index contributed by atoms with van der Waals surface area (Å²) < 4.78 is 0. The van der Waals surface area contributed by atoms with Crippen LogP contribution in [0.25, 0.3) is 0 Å². The van der Waals surface area contributed by atoms with Gasteiger partial charge in [0, 0.05) is 95.2 Å². The van der Waals surface area contributed by atoms with Gasteiger partial charge in [0.05, 0.1) is 48.7 Å². The van der Waals surface area contributed by atoms with Crippen LogP contribution in [0.3, 0.4) is 0 Å². The number of hydrogen-bond acceptors (Lipinski definition) is 14. The molecule has 0 unspecified atom stereocenters. The molecule has 20 heteroatoms. The van der Waals surface area contributed by atoms with Gasteiger partial charge in [-0.15, -0.1) is 0 Å². The van der Waals surface area contributed by atoms with E-state index in [9.17, 15) is 28.8 Å². The van der Waals surface area contributed by atoms with Gasteiger partial charge < -0.3 is 53.2 Å². The smallest absolute Gasteiger partial charge is 0.257 e. The monoisotopic (exact) mass is 1040 g/mol. The van der Waals surface area contributed by atoms with Gasteiger partial charge in [-0.1, -0.05) is 0 Å². The van der Waals surface area contributed by atoms with Crippen molar-refractivity contribution in [2.45, 2.75) is 25.7 Å². The van der Waals surface area contributed by atoms with Crippen molar-refractivity contribution >= 4 is 92.9 Å². The Bertz CT molecular complexity index is 3180. The van der Waals surface area contributed by atoms with Gasteiger partial charge in [-0.05, 0) is 146 Å². The maximum absolute atomic E-state index is 13.8. The lowest BCUT2D eigenvalue weighted by atomic mass is 10.1. The average molecular weight is 1050 g/mol. The van der Waals surface area contributed by atoms with E-state index >= 15 is 0 Å². The zero-order valence-corrected chi connectivity index (χ0v) is 42.4. The molecular weight excluding hydrogens is 989 g/mol. The number of nitrogens with zero attached hydrogens (tertiary/aromatic N) is 4. The van der Waals surface area contributed by atoms with Gasteiger partial charge in [0.15, 0.2) is 0 Å². The summed E-state index contributed by atoms with van der Waals surface area (Å²) in [4.78, 5) is 100.0. The Balaban J connectivity index is 0.795. The van der Waals surface area contributed by atoms with E-state index in [-0.39, 0.29) is 59.3 Å². The number of amidine groups is 4. The van der Waals surface area contributed by atoms with E-state index in [2.05, 4.69) is 73.1 Å². The summed E-state index contributed by atoms with van der Waals surface area (Å²) >= 11 is 0. The minimum atomic E-state index is -0.515. The number of hydrogen-bond donors (Lipinski definition) is 10. The van der Waals surface area contributed by atoms with E-state index in [1.807, 2.05) is 48.5 Å². The minimum absolute atomic E-state index is 0.0340. The van der Waals surface area contributed by atoms with Crippen LogP contribution in [-0.2, 0) is 9.59 Å². The molecule has 0 atom stereocenters. The average Bonchev–Trinajstić information content (AvgIpc) is 4.34. The molecule has 6 aromatic rings. The Labute approximate surface area is 449 Å². The van der Waals surface area contributed by atoms with Gasteiger partial charge in [-0.25, -0.2) is 0 Å². The third kappa shape index (κ3) is 12.9. The molecule has 0 saturated heterocycles. The second-order valence-corrected chi connectivity index (χ2v) is 18.6. The highest BCUT2D eigenvalue weighted by Crippen LogP contribution is 2.25. The molecule has 0 bridgehead atoms. The molecule has 394 valence electrons. The van der Waals surface area contributed by atoms with Crippen molar-refractivity contribution in [2.24, 2.45) is 20.0 Å². The predicted molar refractivity (Wildman–Crippen MR) is 304 cm³/mol. The molecule has 20 nitrogen and oxygen atoms in total. The van der Waals surface area contributed by atoms with Gasteiger partial charge in [0.2, 0.25) is 11.8 Å². The quantitative estimate of drug-likeness (QED) is 0.0409. The fourth-order valence-corrected chi connectivity index (χ4v) is 8.98. The van der Waals surface area contributed by atoms with E-state index in [0.29, 0.717) is 48.9 Å². The predicted octanol–water partition coefficient (Wildman–Crippen LogP) is 6.23. The first-order valence-electron chi connectivity index (χ1n) is 25.8. The van der Waals surface area contributed by atoms with Crippen molar-refractivity contribution in [2.75, 3.05) is 84.3 Å². The summed E-state index contributed by atoms with van der Waals surface area (Å²) in [5.74, 6) is 0.289. The summed E-state index contributed by atoms with van der Waals surface area (Å²) in [6.07, 6.45) is 0.462. The molecule has 4 heterocycles. The van der Waals surface area contributed by atoms with Crippen molar-refractivity contribution < 1.29 is 28.8 Å². The zero-order chi connectivity index (χ0) is 53.8. The molecule has 0 aliphatic carbocycles.